The summed E-state index contributed by atoms with van der Waals surface area (Å²) in [5.41, 5.74) is 0.394. The van der Waals surface area contributed by atoms with Crippen LogP contribution in [0.2, 0.25) is 0 Å². The molecule has 0 saturated carbocycles. The van der Waals surface area contributed by atoms with Gasteiger partial charge in [0.05, 0.1) is 6.04 Å². The number of likely N-dealkylation sites (tertiary alicyclic amines) is 1. The monoisotopic (exact) mass is 488 g/mol. The number of carbonyl (C=O) groups excluding carboxylic acids is 2. The molecule has 0 spiro atoms. The van der Waals surface area contributed by atoms with Gasteiger partial charge in [-0.25, -0.2) is 0 Å². The van der Waals surface area contributed by atoms with E-state index in [4.69, 9.17) is 0 Å². The number of Topliss-reactive ketones (excluding diaryl/α,β-unsaturated/α-hetero) is 1. The summed E-state index contributed by atoms with van der Waals surface area (Å²) in [6, 6.07) is 0.834. The molecule has 4 unspecified atom stereocenters. The molecule has 0 bridgehead atoms. The number of hydrogen-bond donors (Lipinski definition) is 0. The maximum atomic E-state index is 12.6. The minimum absolute atomic E-state index is 0.150. The summed E-state index contributed by atoms with van der Waals surface area (Å²) in [7, 11) is 2.29. The van der Waals surface area contributed by atoms with Crippen LogP contribution in [0.5, 0.6) is 0 Å². The van der Waals surface area contributed by atoms with Crippen LogP contribution in [-0.4, -0.2) is 58.1 Å². The number of nitrogens with zero attached hydrogens (tertiary/aromatic N) is 2. The van der Waals surface area contributed by atoms with E-state index in [-0.39, 0.29) is 22.9 Å². The van der Waals surface area contributed by atoms with Gasteiger partial charge >= 0.3 is 0 Å². The molecule has 0 N–H and O–H groups in total. The molecule has 35 heavy (non-hydrogen) atoms. The van der Waals surface area contributed by atoms with Gasteiger partial charge in [0.1, 0.15) is 0 Å². The minimum atomic E-state index is -0.176. The highest BCUT2D eigenvalue weighted by Gasteiger charge is 2.54. The van der Waals surface area contributed by atoms with Crippen molar-refractivity contribution < 1.29 is 9.59 Å². The van der Waals surface area contributed by atoms with Crippen molar-refractivity contribution in [3.8, 4) is 0 Å². The first-order valence-corrected chi connectivity index (χ1v) is 15.1. The van der Waals surface area contributed by atoms with Crippen LogP contribution in [-0.2, 0) is 9.59 Å². The van der Waals surface area contributed by atoms with Gasteiger partial charge in [0.2, 0.25) is 5.78 Å². The van der Waals surface area contributed by atoms with Crippen molar-refractivity contribution in [2.24, 2.45) is 11.8 Å². The smallest absolute Gasteiger partial charge is 0.212 e. The molecule has 4 heteroatoms. The molecular formula is C31H56N2O2. The van der Waals surface area contributed by atoms with Crippen LogP contribution in [0.25, 0.3) is 0 Å². The van der Waals surface area contributed by atoms with E-state index in [2.05, 4.69) is 51.5 Å². The zero-order chi connectivity index (χ0) is 25.6. The first-order valence-electron chi connectivity index (χ1n) is 15.1. The Kier molecular flexibility index (Phi) is 10.4. The summed E-state index contributed by atoms with van der Waals surface area (Å²) in [5.74, 6) is 1.19. The lowest BCUT2D eigenvalue weighted by atomic mass is 9.67. The van der Waals surface area contributed by atoms with Crippen molar-refractivity contribution in [2.45, 2.75) is 167 Å². The van der Waals surface area contributed by atoms with Crippen molar-refractivity contribution in [3.63, 3.8) is 0 Å². The highest BCUT2D eigenvalue weighted by Crippen LogP contribution is 2.51. The number of aldehydes is 1. The maximum Gasteiger partial charge on any atom is 0.212 e. The van der Waals surface area contributed by atoms with Crippen molar-refractivity contribution >= 4 is 12.1 Å². The van der Waals surface area contributed by atoms with Gasteiger partial charge in [0, 0.05) is 23.2 Å². The van der Waals surface area contributed by atoms with Crippen LogP contribution in [0.15, 0.2) is 0 Å². The molecule has 0 amide bonds. The van der Waals surface area contributed by atoms with E-state index < -0.39 is 0 Å². The van der Waals surface area contributed by atoms with E-state index in [1.165, 1.54) is 89.9 Å². The second-order valence-corrected chi connectivity index (χ2v) is 13.5. The summed E-state index contributed by atoms with van der Waals surface area (Å²) in [5, 5.41) is 0. The first kappa shape index (κ1) is 28.8. The molecule has 4 nitrogen and oxygen atoms in total. The van der Waals surface area contributed by atoms with Crippen LogP contribution >= 0.6 is 0 Å². The number of piperidine rings is 1. The normalized spacial score (nSPS) is 31.0. The highest BCUT2D eigenvalue weighted by molar-refractivity contribution is 6.27. The molecule has 0 radical (unpaired) electrons. The standard InChI is InChI=1S/C31H56N2O2/c1-7-8-9-10-11-12-13-14-15-16-17-25-20-26(27-18-19-28(33(25)27)29(35)23-34)24-21-30(2,3)32(6)31(4,5)22-24/h23-28H,7-22H2,1-6H3. The van der Waals surface area contributed by atoms with Gasteiger partial charge < -0.3 is 0 Å². The third-order valence-electron chi connectivity index (χ3n) is 10.2. The van der Waals surface area contributed by atoms with E-state index in [9.17, 15) is 9.59 Å². The predicted molar refractivity (Wildman–Crippen MR) is 147 cm³/mol. The van der Waals surface area contributed by atoms with Crippen LogP contribution in [0, 0.1) is 11.8 Å². The fourth-order valence-electron chi connectivity index (χ4n) is 8.17. The Balaban J connectivity index is 1.56. The summed E-state index contributed by atoms with van der Waals surface area (Å²) < 4.78 is 0. The second kappa shape index (κ2) is 12.7. The van der Waals surface area contributed by atoms with Crippen LogP contribution in [0.4, 0.5) is 0 Å². The molecule has 3 aliphatic heterocycles. The topological polar surface area (TPSA) is 40.6 Å². The van der Waals surface area contributed by atoms with Crippen LogP contribution < -0.4 is 0 Å². The summed E-state index contributed by atoms with van der Waals surface area (Å²) in [6.45, 7) is 11.9. The molecule has 0 aliphatic carbocycles. The van der Waals surface area contributed by atoms with Crippen LogP contribution in [0.3, 0.4) is 0 Å². The number of hydrogen-bond acceptors (Lipinski definition) is 4. The van der Waals surface area contributed by atoms with Gasteiger partial charge in [-0.05, 0) is 85.1 Å². The minimum Gasteiger partial charge on any atom is -0.296 e. The Labute approximate surface area is 217 Å². The van der Waals surface area contributed by atoms with E-state index in [0.29, 0.717) is 30.2 Å². The van der Waals surface area contributed by atoms with Gasteiger partial charge in [-0.15, -0.1) is 0 Å². The third kappa shape index (κ3) is 6.98. The molecule has 0 aromatic carbocycles. The number of fused-ring (bicyclic) bond motifs is 1. The molecule has 3 aliphatic rings. The average molecular weight is 489 g/mol. The average Bonchev–Trinajstić information content (AvgIpc) is 3.39. The predicted octanol–water partition coefficient (Wildman–Crippen LogP) is 7.19. The molecule has 3 rings (SSSR count). The summed E-state index contributed by atoms with van der Waals surface area (Å²) in [4.78, 5) is 29.1. The van der Waals surface area contributed by atoms with E-state index in [1.807, 2.05) is 0 Å². The number of unbranched alkanes of at least 4 members (excludes halogenated alkanes) is 9. The second-order valence-electron chi connectivity index (χ2n) is 13.5. The zero-order valence-electron chi connectivity index (χ0n) is 24.0. The lowest BCUT2D eigenvalue weighted by Gasteiger charge is -2.55. The molecule has 3 saturated heterocycles. The van der Waals surface area contributed by atoms with Gasteiger partial charge in [-0.3, -0.25) is 19.4 Å². The largest absolute Gasteiger partial charge is 0.296 e. The van der Waals surface area contributed by atoms with E-state index in [1.54, 1.807) is 0 Å². The molecule has 0 aromatic heterocycles. The van der Waals surface area contributed by atoms with Crippen molar-refractivity contribution in [3.05, 3.63) is 0 Å². The quantitative estimate of drug-likeness (QED) is 0.147. The molecular weight excluding hydrogens is 432 g/mol. The van der Waals surface area contributed by atoms with Crippen molar-refractivity contribution in [1.29, 1.82) is 0 Å². The van der Waals surface area contributed by atoms with Gasteiger partial charge in [0.25, 0.3) is 0 Å². The molecule has 3 fully saturated rings. The van der Waals surface area contributed by atoms with Crippen molar-refractivity contribution in [2.75, 3.05) is 7.05 Å². The third-order valence-corrected chi connectivity index (χ3v) is 10.2. The summed E-state index contributed by atoms with van der Waals surface area (Å²) >= 11 is 0. The molecule has 202 valence electrons. The number of carbonyl (C=O) groups is 2. The Hall–Kier alpha value is -0.740. The lowest BCUT2D eigenvalue weighted by molar-refractivity contribution is -0.133. The SMILES string of the molecule is CCCCCCCCCCCCC1CC(C2CC(C)(C)N(C)C(C)(C)C2)C2CCC(C(=O)C=O)N12. The Bertz CT molecular complexity index is 669. The highest BCUT2D eigenvalue weighted by atomic mass is 16.2. The van der Waals surface area contributed by atoms with Gasteiger partial charge in [0.15, 0.2) is 6.29 Å². The zero-order valence-corrected chi connectivity index (χ0v) is 24.0. The first-order chi connectivity index (χ1) is 16.6. The van der Waals surface area contributed by atoms with E-state index in [0.717, 1.165) is 12.8 Å². The van der Waals surface area contributed by atoms with E-state index >= 15 is 0 Å². The Morgan fingerprint density at radius 3 is 1.94 bits per heavy atom. The Morgan fingerprint density at radius 1 is 0.857 bits per heavy atom. The van der Waals surface area contributed by atoms with Crippen molar-refractivity contribution in [1.82, 2.24) is 9.80 Å². The molecule has 0 aromatic rings. The fraction of sp³-hybridized carbons (Fsp3) is 0.935. The number of ketones is 1. The molecule has 4 atom stereocenters. The van der Waals surface area contributed by atoms with Crippen LogP contribution in [0.1, 0.15) is 137 Å². The summed E-state index contributed by atoms with van der Waals surface area (Å²) in [6.07, 6.45) is 21.1. The van der Waals surface area contributed by atoms with Gasteiger partial charge in [-0.2, -0.15) is 0 Å². The fourth-order valence-corrected chi connectivity index (χ4v) is 8.17. The Morgan fingerprint density at radius 2 is 1.40 bits per heavy atom. The molecule has 3 heterocycles. The van der Waals surface area contributed by atoms with Gasteiger partial charge in [-0.1, -0.05) is 71.1 Å². The maximum absolute atomic E-state index is 12.6. The number of rotatable bonds is 14. The lowest BCUT2D eigenvalue weighted by Crippen LogP contribution is -2.59.